The third-order valence-corrected chi connectivity index (χ3v) is 2.48. The van der Waals surface area contributed by atoms with Gasteiger partial charge in [-0.05, 0) is 0 Å². The number of aromatic amines is 1. The summed E-state index contributed by atoms with van der Waals surface area (Å²) in [4.78, 5) is 17.9. The third kappa shape index (κ3) is 4.08. The molecule has 1 aromatic heterocycles. The minimum atomic E-state index is -0.208. The number of H-pyrrole nitrogens is 1. The van der Waals surface area contributed by atoms with Crippen LogP contribution < -0.4 is 0 Å². The topological polar surface area (TPSA) is 80.3 Å². The molecule has 0 saturated heterocycles. The van der Waals surface area contributed by atoms with Crippen LogP contribution in [0.3, 0.4) is 0 Å². The molecule has 7 nitrogen and oxygen atoms in total. The Morgan fingerprint density at radius 1 is 1.28 bits per heavy atom. The van der Waals surface area contributed by atoms with E-state index in [1.165, 1.54) is 0 Å². The van der Waals surface area contributed by atoms with Gasteiger partial charge in [0.2, 0.25) is 5.82 Å². The summed E-state index contributed by atoms with van der Waals surface area (Å²) in [5.74, 6) is 0.691. The Morgan fingerprint density at radius 2 is 1.89 bits per heavy atom. The molecule has 1 rings (SSSR count). The lowest BCUT2D eigenvalue weighted by Crippen LogP contribution is -2.37. The summed E-state index contributed by atoms with van der Waals surface area (Å²) in [6.45, 7) is 3.88. The largest absolute Gasteiger partial charge is 0.383 e. The van der Waals surface area contributed by atoms with Crippen molar-refractivity contribution in [1.29, 1.82) is 0 Å². The van der Waals surface area contributed by atoms with E-state index in [-0.39, 0.29) is 11.7 Å². The molecule has 0 bridgehead atoms. The number of hydrogen-bond donors (Lipinski definition) is 1. The van der Waals surface area contributed by atoms with Gasteiger partial charge in [-0.25, -0.2) is 4.98 Å². The van der Waals surface area contributed by atoms with E-state index in [2.05, 4.69) is 15.2 Å². The van der Waals surface area contributed by atoms with Crippen molar-refractivity contribution < 1.29 is 14.3 Å². The van der Waals surface area contributed by atoms with Crippen LogP contribution in [0.5, 0.6) is 0 Å². The fourth-order valence-corrected chi connectivity index (χ4v) is 1.41. The molecule has 0 aliphatic heterocycles. The summed E-state index contributed by atoms with van der Waals surface area (Å²) in [7, 11) is 3.20. The molecule has 0 aliphatic carbocycles. The summed E-state index contributed by atoms with van der Waals surface area (Å²) in [5.41, 5.74) is 0. The number of nitrogens with zero attached hydrogens (tertiary/aromatic N) is 3. The Labute approximate surface area is 106 Å². The molecule has 102 valence electrons. The van der Waals surface area contributed by atoms with Crippen LogP contribution in [0.4, 0.5) is 0 Å². The summed E-state index contributed by atoms with van der Waals surface area (Å²) < 4.78 is 9.96. The van der Waals surface area contributed by atoms with Gasteiger partial charge in [0.05, 0.1) is 13.2 Å². The fourth-order valence-electron chi connectivity index (χ4n) is 1.41. The monoisotopic (exact) mass is 256 g/mol. The Balaban J connectivity index is 2.67. The van der Waals surface area contributed by atoms with E-state index in [0.29, 0.717) is 32.1 Å². The van der Waals surface area contributed by atoms with Crippen LogP contribution >= 0.6 is 0 Å². The van der Waals surface area contributed by atoms with E-state index < -0.39 is 0 Å². The van der Waals surface area contributed by atoms with Crippen molar-refractivity contribution >= 4 is 5.91 Å². The first-order valence-corrected chi connectivity index (χ1v) is 5.91. The highest BCUT2D eigenvalue weighted by Gasteiger charge is 2.19. The number of aromatic nitrogens is 3. The molecule has 0 unspecified atom stereocenters. The molecule has 1 aromatic rings. The lowest BCUT2D eigenvalue weighted by Gasteiger charge is -2.20. The van der Waals surface area contributed by atoms with Crippen molar-refractivity contribution in [2.45, 2.75) is 13.3 Å². The highest BCUT2D eigenvalue weighted by atomic mass is 16.5. The van der Waals surface area contributed by atoms with Gasteiger partial charge in [0.15, 0.2) is 0 Å². The van der Waals surface area contributed by atoms with Gasteiger partial charge >= 0.3 is 0 Å². The zero-order chi connectivity index (χ0) is 13.4. The average Bonchev–Trinajstić information content (AvgIpc) is 2.87. The molecule has 0 atom stereocenters. The van der Waals surface area contributed by atoms with Gasteiger partial charge in [-0.3, -0.25) is 9.89 Å². The van der Waals surface area contributed by atoms with Crippen molar-refractivity contribution in [2.24, 2.45) is 0 Å². The van der Waals surface area contributed by atoms with Gasteiger partial charge in [0, 0.05) is 33.7 Å². The Morgan fingerprint density at radius 3 is 2.33 bits per heavy atom. The smallest absolute Gasteiger partial charge is 0.293 e. The van der Waals surface area contributed by atoms with Crippen molar-refractivity contribution in [1.82, 2.24) is 20.1 Å². The van der Waals surface area contributed by atoms with E-state index in [9.17, 15) is 4.79 Å². The van der Waals surface area contributed by atoms with Crippen LogP contribution in [0.25, 0.3) is 0 Å². The van der Waals surface area contributed by atoms with E-state index in [0.717, 1.165) is 6.42 Å². The predicted octanol–water partition coefficient (Wildman–Crippen LogP) is 0.102. The zero-order valence-electron chi connectivity index (χ0n) is 11.1. The summed E-state index contributed by atoms with van der Waals surface area (Å²) in [6, 6.07) is 0. The fraction of sp³-hybridized carbons (Fsp3) is 0.727. The minimum Gasteiger partial charge on any atom is -0.383 e. The quantitative estimate of drug-likeness (QED) is 0.713. The predicted molar refractivity (Wildman–Crippen MR) is 65.4 cm³/mol. The summed E-state index contributed by atoms with van der Waals surface area (Å²) >= 11 is 0. The zero-order valence-corrected chi connectivity index (χ0v) is 11.1. The van der Waals surface area contributed by atoms with Gasteiger partial charge in [-0.15, -0.1) is 5.10 Å². The van der Waals surface area contributed by atoms with Gasteiger partial charge in [0.1, 0.15) is 5.82 Å². The first-order valence-electron chi connectivity index (χ1n) is 5.91. The molecule has 7 heteroatoms. The molecule has 0 radical (unpaired) electrons. The molecule has 1 N–H and O–H groups in total. The number of aryl methyl sites for hydroxylation is 1. The Bertz CT molecular complexity index is 359. The molecule has 0 fully saturated rings. The van der Waals surface area contributed by atoms with Gasteiger partial charge in [0.25, 0.3) is 5.91 Å². The SMILES string of the molecule is CCc1nc(C(=O)N(CCOC)CCOC)n[nH]1. The number of nitrogens with one attached hydrogen (secondary N) is 1. The normalized spacial score (nSPS) is 10.6. The molecule has 0 aliphatic rings. The highest BCUT2D eigenvalue weighted by Crippen LogP contribution is 2.01. The van der Waals surface area contributed by atoms with Gasteiger partial charge in [-0.1, -0.05) is 6.92 Å². The van der Waals surface area contributed by atoms with Crippen LogP contribution in [-0.4, -0.2) is 66.5 Å². The van der Waals surface area contributed by atoms with Crippen molar-refractivity contribution in [2.75, 3.05) is 40.5 Å². The van der Waals surface area contributed by atoms with Gasteiger partial charge in [-0.2, -0.15) is 0 Å². The molecule has 0 spiro atoms. The standard InChI is InChI=1S/C11H20N4O3/c1-4-9-12-10(14-13-9)11(16)15(5-7-17-2)6-8-18-3/h4-8H2,1-3H3,(H,12,13,14). The molecule has 1 amide bonds. The first kappa shape index (κ1) is 14.6. The number of carbonyl (C=O) groups excluding carboxylic acids is 1. The van der Waals surface area contributed by atoms with Gasteiger partial charge < -0.3 is 14.4 Å². The molecule has 0 saturated carbocycles. The molecule has 18 heavy (non-hydrogen) atoms. The second kappa shape index (κ2) is 7.78. The van der Waals surface area contributed by atoms with E-state index in [1.807, 2.05) is 6.92 Å². The number of methoxy groups -OCH3 is 2. The lowest BCUT2D eigenvalue weighted by molar-refractivity contribution is 0.0616. The number of carbonyl (C=O) groups is 1. The summed E-state index contributed by atoms with van der Waals surface area (Å²) in [6.07, 6.45) is 0.719. The van der Waals surface area contributed by atoms with Crippen LogP contribution in [0.15, 0.2) is 0 Å². The van der Waals surface area contributed by atoms with Crippen LogP contribution in [0, 0.1) is 0 Å². The summed E-state index contributed by atoms with van der Waals surface area (Å²) in [5, 5.41) is 6.65. The maximum atomic E-state index is 12.2. The van der Waals surface area contributed by atoms with E-state index in [1.54, 1.807) is 19.1 Å². The number of hydrogen-bond acceptors (Lipinski definition) is 5. The lowest BCUT2D eigenvalue weighted by atomic mass is 10.4. The van der Waals surface area contributed by atoms with Crippen molar-refractivity contribution in [3.05, 3.63) is 11.6 Å². The van der Waals surface area contributed by atoms with E-state index >= 15 is 0 Å². The van der Waals surface area contributed by atoms with Crippen LogP contribution in [0.1, 0.15) is 23.4 Å². The number of rotatable bonds is 8. The third-order valence-electron chi connectivity index (χ3n) is 2.48. The Kier molecular flexibility index (Phi) is 6.31. The second-order valence-electron chi connectivity index (χ2n) is 3.74. The molecule has 0 aromatic carbocycles. The maximum Gasteiger partial charge on any atom is 0.293 e. The van der Waals surface area contributed by atoms with Crippen LogP contribution in [-0.2, 0) is 15.9 Å². The molecule has 1 heterocycles. The first-order chi connectivity index (χ1) is 8.72. The molecular weight excluding hydrogens is 236 g/mol. The maximum absolute atomic E-state index is 12.2. The highest BCUT2D eigenvalue weighted by molar-refractivity contribution is 5.90. The van der Waals surface area contributed by atoms with Crippen molar-refractivity contribution in [3.8, 4) is 0 Å². The van der Waals surface area contributed by atoms with Crippen molar-refractivity contribution in [3.63, 3.8) is 0 Å². The van der Waals surface area contributed by atoms with Crippen LogP contribution in [0.2, 0.25) is 0 Å². The average molecular weight is 256 g/mol. The molecular formula is C11H20N4O3. The second-order valence-corrected chi connectivity index (χ2v) is 3.74. The van der Waals surface area contributed by atoms with E-state index in [4.69, 9.17) is 9.47 Å². The number of amides is 1. The number of ether oxygens (including phenoxy) is 2. The Hall–Kier alpha value is -1.47. The minimum absolute atomic E-state index is 0.194.